The Labute approximate surface area is 209 Å². The van der Waals surface area contributed by atoms with E-state index < -0.39 is 23.8 Å². The van der Waals surface area contributed by atoms with Gasteiger partial charge in [0, 0.05) is 16.4 Å². The van der Waals surface area contributed by atoms with Gasteiger partial charge in [-0.05, 0) is 51.5 Å². The Hall–Kier alpha value is -3.58. The first kappa shape index (κ1) is 26.0. The van der Waals surface area contributed by atoms with Gasteiger partial charge < -0.3 is 19.5 Å². The largest absolute Gasteiger partial charge is 0.460 e. The van der Waals surface area contributed by atoms with Crippen LogP contribution in [0.4, 0.5) is 0 Å². The number of allylic oxidation sites excluding steroid dienone is 2. The maximum atomic E-state index is 13.2. The molecule has 1 unspecified atom stereocenters. The smallest absolute Gasteiger partial charge is 0.338 e. The van der Waals surface area contributed by atoms with Crippen molar-refractivity contribution in [1.29, 1.82) is 0 Å². The highest BCUT2D eigenvalue weighted by molar-refractivity contribution is 6.31. The fourth-order valence-electron chi connectivity index (χ4n) is 3.84. The van der Waals surface area contributed by atoms with E-state index in [0.717, 1.165) is 0 Å². The molecule has 1 N–H and O–H groups in total. The number of ether oxygens (including phenoxy) is 3. The SMILES string of the molecule is CC1=C(C(=O)OCCOC(=O)c2ccccc2)C(c2ccccc2Cl)C(C(=O)OC(C)C)=C(C)N1. The van der Waals surface area contributed by atoms with E-state index in [0.29, 0.717) is 27.5 Å². The zero-order valence-corrected chi connectivity index (χ0v) is 20.8. The van der Waals surface area contributed by atoms with Crippen LogP contribution in [0.1, 0.15) is 49.5 Å². The van der Waals surface area contributed by atoms with Gasteiger partial charge in [-0.15, -0.1) is 0 Å². The maximum Gasteiger partial charge on any atom is 0.338 e. The fraction of sp³-hybridized carbons (Fsp3) is 0.296. The summed E-state index contributed by atoms with van der Waals surface area (Å²) in [5.74, 6) is -2.51. The Bertz CT molecular complexity index is 1170. The van der Waals surface area contributed by atoms with Crippen LogP contribution in [-0.4, -0.2) is 37.2 Å². The summed E-state index contributed by atoms with van der Waals surface area (Å²) >= 11 is 6.49. The summed E-state index contributed by atoms with van der Waals surface area (Å²) in [7, 11) is 0. The van der Waals surface area contributed by atoms with Crippen molar-refractivity contribution < 1.29 is 28.6 Å². The Morgan fingerprint density at radius 2 is 1.37 bits per heavy atom. The number of carbonyl (C=O) groups is 3. The Morgan fingerprint density at radius 3 is 1.97 bits per heavy atom. The molecular weight excluding hydrogens is 470 g/mol. The van der Waals surface area contributed by atoms with Crippen molar-refractivity contribution in [3.05, 3.63) is 93.3 Å². The van der Waals surface area contributed by atoms with Crippen molar-refractivity contribution in [2.45, 2.75) is 39.7 Å². The van der Waals surface area contributed by atoms with E-state index in [1.807, 2.05) is 0 Å². The first-order valence-corrected chi connectivity index (χ1v) is 11.6. The Balaban J connectivity index is 1.82. The molecule has 1 aliphatic heterocycles. The van der Waals surface area contributed by atoms with Gasteiger partial charge in [0.1, 0.15) is 13.2 Å². The second-order valence-electron chi connectivity index (χ2n) is 8.25. The minimum Gasteiger partial charge on any atom is -0.460 e. The second kappa shape index (κ2) is 11.7. The predicted molar refractivity (Wildman–Crippen MR) is 132 cm³/mol. The van der Waals surface area contributed by atoms with Crippen LogP contribution in [0.5, 0.6) is 0 Å². The highest BCUT2D eigenvalue weighted by Gasteiger charge is 2.39. The summed E-state index contributed by atoms with van der Waals surface area (Å²) in [5.41, 5.74) is 2.58. The van der Waals surface area contributed by atoms with E-state index in [2.05, 4.69) is 5.32 Å². The van der Waals surface area contributed by atoms with E-state index in [4.69, 9.17) is 25.8 Å². The summed E-state index contributed by atoms with van der Waals surface area (Å²) < 4.78 is 16.1. The molecular formula is C27H28ClNO6. The van der Waals surface area contributed by atoms with Crippen LogP contribution in [-0.2, 0) is 23.8 Å². The molecule has 2 aromatic carbocycles. The molecule has 0 aromatic heterocycles. The summed E-state index contributed by atoms with van der Waals surface area (Å²) in [6.07, 6.45) is -0.351. The number of rotatable bonds is 8. The van der Waals surface area contributed by atoms with Crippen LogP contribution in [0, 0.1) is 0 Å². The van der Waals surface area contributed by atoms with Gasteiger partial charge in [0.2, 0.25) is 0 Å². The van der Waals surface area contributed by atoms with E-state index in [-0.39, 0.29) is 30.5 Å². The Kier molecular flexibility index (Phi) is 8.71. The third-order valence-corrected chi connectivity index (χ3v) is 5.66. The van der Waals surface area contributed by atoms with Crippen LogP contribution in [0.2, 0.25) is 5.02 Å². The molecule has 1 atom stereocenters. The molecule has 2 aromatic rings. The van der Waals surface area contributed by atoms with Gasteiger partial charge in [-0.3, -0.25) is 0 Å². The summed E-state index contributed by atoms with van der Waals surface area (Å²) in [6, 6.07) is 15.5. The number of hydrogen-bond acceptors (Lipinski definition) is 7. The first-order valence-electron chi connectivity index (χ1n) is 11.2. The normalized spacial score (nSPS) is 15.5. The van der Waals surface area contributed by atoms with Crippen molar-refractivity contribution >= 4 is 29.5 Å². The van der Waals surface area contributed by atoms with Gasteiger partial charge in [-0.25, -0.2) is 14.4 Å². The van der Waals surface area contributed by atoms with Gasteiger partial charge in [0.25, 0.3) is 0 Å². The molecule has 0 radical (unpaired) electrons. The summed E-state index contributed by atoms with van der Waals surface area (Å²) in [6.45, 7) is 6.70. The minimum absolute atomic E-state index is 0.118. The molecule has 7 nitrogen and oxygen atoms in total. The quantitative estimate of drug-likeness (QED) is 0.314. The van der Waals surface area contributed by atoms with Crippen LogP contribution in [0.3, 0.4) is 0 Å². The summed E-state index contributed by atoms with van der Waals surface area (Å²) in [5, 5.41) is 3.49. The van der Waals surface area contributed by atoms with E-state index in [1.54, 1.807) is 82.3 Å². The molecule has 0 aliphatic carbocycles. The van der Waals surface area contributed by atoms with E-state index in [1.165, 1.54) is 0 Å². The number of esters is 3. The maximum absolute atomic E-state index is 13.2. The molecule has 35 heavy (non-hydrogen) atoms. The Morgan fingerprint density at radius 1 is 0.829 bits per heavy atom. The molecule has 0 saturated heterocycles. The lowest BCUT2D eigenvalue weighted by molar-refractivity contribution is -0.143. The topological polar surface area (TPSA) is 90.9 Å². The lowest BCUT2D eigenvalue weighted by Crippen LogP contribution is -2.33. The van der Waals surface area contributed by atoms with E-state index in [9.17, 15) is 14.4 Å². The van der Waals surface area contributed by atoms with Crippen molar-refractivity contribution in [2.75, 3.05) is 13.2 Å². The van der Waals surface area contributed by atoms with Crippen molar-refractivity contribution in [3.63, 3.8) is 0 Å². The van der Waals surface area contributed by atoms with Gasteiger partial charge in [0.15, 0.2) is 0 Å². The third kappa shape index (κ3) is 6.31. The predicted octanol–water partition coefficient (Wildman–Crippen LogP) is 4.93. The molecule has 8 heteroatoms. The van der Waals surface area contributed by atoms with Crippen LogP contribution in [0.15, 0.2) is 77.1 Å². The highest BCUT2D eigenvalue weighted by Crippen LogP contribution is 2.41. The second-order valence-corrected chi connectivity index (χ2v) is 8.66. The number of dihydropyridines is 1. The standard InChI is InChI=1S/C27H28ClNO6/c1-16(2)35-27(32)23-18(4)29-17(3)22(24(23)20-12-8-9-13-21(20)28)26(31)34-15-14-33-25(30)19-10-6-5-7-11-19/h5-13,16,24,29H,14-15H2,1-4H3. The van der Waals surface area contributed by atoms with Gasteiger partial charge in [-0.2, -0.15) is 0 Å². The molecule has 1 heterocycles. The zero-order chi connectivity index (χ0) is 25.5. The number of halogens is 1. The highest BCUT2D eigenvalue weighted by atomic mass is 35.5. The number of hydrogen-bond donors (Lipinski definition) is 1. The van der Waals surface area contributed by atoms with E-state index >= 15 is 0 Å². The monoisotopic (exact) mass is 497 g/mol. The van der Waals surface area contributed by atoms with Gasteiger partial charge >= 0.3 is 17.9 Å². The number of nitrogens with one attached hydrogen (secondary N) is 1. The minimum atomic E-state index is -0.796. The average Bonchev–Trinajstić information content (AvgIpc) is 2.81. The lowest BCUT2D eigenvalue weighted by atomic mass is 9.80. The van der Waals surface area contributed by atoms with Gasteiger partial charge in [0.05, 0.1) is 28.7 Å². The lowest BCUT2D eigenvalue weighted by Gasteiger charge is -2.31. The molecule has 0 spiro atoms. The molecule has 1 aliphatic rings. The average molecular weight is 498 g/mol. The van der Waals surface area contributed by atoms with Crippen molar-refractivity contribution in [3.8, 4) is 0 Å². The molecule has 184 valence electrons. The first-order chi connectivity index (χ1) is 16.7. The number of carbonyl (C=O) groups excluding carboxylic acids is 3. The zero-order valence-electron chi connectivity index (χ0n) is 20.1. The van der Waals surface area contributed by atoms with Gasteiger partial charge in [-0.1, -0.05) is 48.0 Å². The van der Waals surface area contributed by atoms with Crippen LogP contribution >= 0.6 is 11.6 Å². The molecule has 0 amide bonds. The summed E-state index contributed by atoms with van der Waals surface area (Å²) in [4.78, 5) is 38.4. The molecule has 3 rings (SSSR count). The van der Waals surface area contributed by atoms with Crippen molar-refractivity contribution in [1.82, 2.24) is 5.32 Å². The number of benzene rings is 2. The molecule has 0 fully saturated rings. The van der Waals surface area contributed by atoms with Crippen molar-refractivity contribution in [2.24, 2.45) is 0 Å². The fourth-order valence-corrected chi connectivity index (χ4v) is 4.08. The third-order valence-electron chi connectivity index (χ3n) is 5.32. The molecule has 0 saturated carbocycles. The van der Waals surface area contributed by atoms with Crippen LogP contribution in [0.25, 0.3) is 0 Å². The molecule has 0 bridgehead atoms. The van der Waals surface area contributed by atoms with Crippen LogP contribution < -0.4 is 5.32 Å².